The number of nitriles is 1. The number of carbonyl (C=O) groups excluding carboxylic acids is 1. The number of fused-ring (bicyclic) bond motifs is 1. The number of rotatable bonds is 5. The Balaban J connectivity index is 1.66. The maximum Gasteiger partial charge on any atom is 0.339 e. The van der Waals surface area contributed by atoms with Crippen LogP contribution in [0.2, 0.25) is 5.02 Å². The number of nitrogens with one attached hydrogen (secondary N) is 1. The van der Waals surface area contributed by atoms with Crippen molar-refractivity contribution in [2.75, 3.05) is 6.61 Å². The third-order valence-electron chi connectivity index (χ3n) is 4.42. The van der Waals surface area contributed by atoms with Gasteiger partial charge in [-0.25, -0.2) is 9.78 Å². The maximum atomic E-state index is 12.1. The minimum atomic E-state index is -0.493. The zero-order chi connectivity index (χ0) is 21.1. The van der Waals surface area contributed by atoms with E-state index in [0.29, 0.717) is 33.5 Å². The first kappa shape index (κ1) is 19.5. The van der Waals surface area contributed by atoms with Gasteiger partial charge in [0.25, 0.3) is 0 Å². The van der Waals surface area contributed by atoms with E-state index in [9.17, 15) is 10.1 Å². The van der Waals surface area contributed by atoms with Crippen molar-refractivity contribution in [3.8, 4) is 17.4 Å². The lowest BCUT2D eigenvalue weighted by Crippen LogP contribution is -2.05. The summed E-state index contributed by atoms with van der Waals surface area (Å²) in [4.78, 5) is 19.7. The van der Waals surface area contributed by atoms with Crippen LogP contribution in [0.3, 0.4) is 0 Å². The molecule has 0 atom stereocenters. The molecule has 4 aromatic rings. The Morgan fingerprint density at radius 1 is 1.27 bits per heavy atom. The van der Waals surface area contributed by atoms with Crippen LogP contribution in [0.15, 0.2) is 59.0 Å². The molecule has 6 nitrogen and oxygen atoms in total. The van der Waals surface area contributed by atoms with E-state index >= 15 is 0 Å². The Bertz CT molecular complexity index is 1280. The van der Waals surface area contributed by atoms with Crippen LogP contribution in [0.4, 0.5) is 0 Å². The number of hydrogen-bond donors (Lipinski definition) is 1. The Morgan fingerprint density at radius 3 is 2.87 bits per heavy atom. The van der Waals surface area contributed by atoms with E-state index in [-0.39, 0.29) is 12.2 Å². The summed E-state index contributed by atoms with van der Waals surface area (Å²) in [5, 5.41) is 9.89. The van der Waals surface area contributed by atoms with Gasteiger partial charge in [0.15, 0.2) is 0 Å². The zero-order valence-electron chi connectivity index (χ0n) is 16.0. The molecule has 2 heterocycles. The largest absolute Gasteiger partial charge is 0.462 e. The number of carbonyl (C=O) groups is 1. The molecule has 0 unspecified atom stereocenters. The molecule has 1 N–H and O–H groups in total. The van der Waals surface area contributed by atoms with E-state index in [0.717, 1.165) is 11.0 Å². The lowest BCUT2D eigenvalue weighted by atomic mass is 10.1. The number of aromatic amines is 1. The molecule has 0 saturated heterocycles. The zero-order valence-corrected chi connectivity index (χ0v) is 16.7. The molecule has 0 bridgehead atoms. The van der Waals surface area contributed by atoms with E-state index < -0.39 is 5.97 Å². The number of hydrogen-bond acceptors (Lipinski definition) is 5. The molecular formula is C23H16ClN3O3. The molecule has 0 aliphatic rings. The first-order valence-electron chi connectivity index (χ1n) is 9.23. The standard InChI is InChI=1S/C23H16ClN3O3/c1-2-29-23(28)17-12-14(7-9-18(17)24)21-10-8-16(30-21)11-15(13-25)22-26-19-5-3-4-6-20(19)27-22/h3-12H,2H2,1H3,(H,26,27). The summed E-state index contributed by atoms with van der Waals surface area (Å²) < 4.78 is 10.9. The van der Waals surface area contributed by atoms with Gasteiger partial charge in [0, 0.05) is 11.6 Å². The average molecular weight is 418 g/mol. The van der Waals surface area contributed by atoms with Crippen molar-refractivity contribution in [3.63, 3.8) is 0 Å². The minimum Gasteiger partial charge on any atom is -0.462 e. The van der Waals surface area contributed by atoms with E-state index in [1.54, 1.807) is 43.3 Å². The smallest absolute Gasteiger partial charge is 0.339 e. The van der Waals surface area contributed by atoms with E-state index in [4.69, 9.17) is 20.8 Å². The molecule has 0 fully saturated rings. The lowest BCUT2D eigenvalue weighted by molar-refractivity contribution is 0.0526. The van der Waals surface area contributed by atoms with Crippen molar-refractivity contribution in [2.24, 2.45) is 0 Å². The number of para-hydroxylation sites is 2. The number of esters is 1. The van der Waals surface area contributed by atoms with Gasteiger partial charge in [0.1, 0.15) is 23.4 Å². The van der Waals surface area contributed by atoms with Gasteiger partial charge in [0.2, 0.25) is 0 Å². The van der Waals surface area contributed by atoms with Crippen molar-refractivity contribution >= 4 is 40.3 Å². The molecule has 0 aliphatic carbocycles. The van der Waals surface area contributed by atoms with Crippen LogP contribution in [0, 0.1) is 11.3 Å². The second-order valence-corrected chi connectivity index (χ2v) is 6.80. The van der Waals surface area contributed by atoms with Crippen molar-refractivity contribution in [1.82, 2.24) is 9.97 Å². The molecule has 148 valence electrons. The molecule has 0 saturated carbocycles. The summed E-state index contributed by atoms with van der Waals surface area (Å²) in [5.74, 6) is 0.986. The molecule has 0 amide bonds. The Labute approximate surface area is 177 Å². The van der Waals surface area contributed by atoms with Crippen LogP contribution in [-0.4, -0.2) is 22.5 Å². The fraction of sp³-hybridized carbons (Fsp3) is 0.0870. The second kappa shape index (κ2) is 8.27. The molecule has 7 heteroatoms. The molecule has 2 aromatic heterocycles. The molecular weight excluding hydrogens is 402 g/mol. The highest BCUT2D eigenvalue weighted by atomic mass is 35.5. The quantitative estimate of drug-likeness (QED) is 0.331. The lowest BCUT2D eigenvalue weighted by Gasteiger charge is -2.05. The number of allylic oxidation sites excluding steroid dienone is 1. The van der Waals surface area contributed by atoms with Crippen molar-refractivity contribution in [3.05, 3.63) is 76.8 Å². The van der Waals surface area contributed by atoms with Gasteiger partial charge in [0.05, 0.1) is 33.8 Å². The summed E-state index contributed by atoms with van der Waals surface area (Å²) >= 11 is 6.12. The normalized spacial score (nSPS) is 11.4. The van der Waals surface area contributed by atoms with Crippen LogP contribution in [0.25, 0.3) is 34.0 Å². The summed E-state index contributed by atoms with van der Waals surface area (Å²) in [6, 6.07) is 18.2. The third kappa shape index (κ3) is 3.84. The highest BCUT2D eigenvalue weighted by molar-refractivity contribution is 6.33. The Hall–Kier alpha value is -3.82. The van der Waals surface area contributed by atoms with E-state index in [1.165, 1.54) is 0 Å². The van der Waals surface area contributed by atoms with Gasteiger partial charge in [-0.15, -0.1) is 0 Å². The molecule has 2 aromatic carbocycles. The third-order valence-corrected chi connectivity index (χ3v) is 4.75. The molecule has 4 rings (SSSR count). The van der Waals surface area contributed by atoms with Gasteiger partial charge >= 0.3 is 5.97 Å². The number of halogens is 1. The monoisotopic (exact) mass is 417 g/mol. The molecule has 0 aliphatic heterocycles. The first-order valence-corrected chi connectivity index (χ1v) is 9.60. The number of aromatic nitrogens is 2. The molecule has 0 radical (unpaired) electrons. The minimum absolute atomic E-state index is 0.258. The highest BCUT2D eigenvalue weighted by Gasteiger charge is 2.15. The number of H-pyrrole nitrogens is 1. The van der Waals surface area contributed by atoms with E-state index in [1.807, 2.05) is 24.3 Å². The highest BCUT2D eigenvalue weighted by Crippen LogP contribution is 2.29. The number of benzene rings is 2. The summed E-state index contributed by atoms with van der Waals surface area (Å²) in [5.41, 5.74) is 2.91. The summed E-state index contributed by atoms with van der Waals surface area (Å²) in [6.45, 7) is 1.99. The van der Waals surface area contributed by atoms with Crippen LogP contribution in [-0.2, 0) is 4.74 Å². The summed E-state index contributed by atoms with van der Waals surface area (Å²) in [6.07, 6.45) is 1.61. The average Bonchev–Trinajstić information content (AvgIpc) is 3.39. The Kier molecular flexibility index (Phi) is 5.38. The first-order chi connectivity index (χ1) is 14.6. The number of nitrogens with zero attached hydrogens (tertiary/aromatic N) is 2. The molecule has 0 spiro atoms. The number of ether oxygens (including phenoxy) is 1. The molecule has 30 heavy (non-hydrogen) atoms. The fourth-order valence-corrected chi connectivity index (χ4v) is 3.20. The van der Waals surface area contributed by atoms with Crippen molar-refractivity contribution in [1.29, 1.82) is 5.26 Å². The Morgan fingerprint density at radius 2 is 2.10 bits per heavy atom. The maximum absolute atomic E-state index is 12.1. The van der Waals surface area contributed by atoms with Crippen molar-refractivity contribution < 1.29 is 13.9 Å². The van der Waals surface area contributed by atoms with Gasteiger partial charge < -0.3 is 14.1 Å². The van der Waals surface area contributed by atoms with Gasteiger partial charge in [-0.2, -0.15) is 5.26 Å². The number of imidazole rings is 1. The SMILES string of the molecule is CCOC(=O)c1cc(-c2ccc(C=C(C#N)c3nc4ccccc4[nH]3)o2)ccc1Cl. The topological polar surface area (TPSA) is 91.9 Å². The van der Waals surface area contributed by atoms with Gasteiger partial charge in [-0.1, -0.05) is 23.7 Å². The predicted octanol–water partition coefficient (Wildman–Crippen LogP) is 5.72. The van der Waals surface area contributed by atoms with Crippen LogP contribution >= 0.6 is 11.6 Å². The summed E-state index contributed by atoms with van der Waals surface area (Å²) in [7, 11) is 0. The van der Waals surface area contributed by atoms with Gasteiger partial charge in [-0.3, -0.25) is 0 Å². The van der Waals surface area contributed by atoms with Crippen molar-refractivity contribution in [2.45, 2.75) is 6.92 Å². The van der Waals surface area contributed by atoms with Gasteiger partial charge in [-0.05, 0) is 49.4 Å². The van der Waals surface area contributed by atoms with Crippen LogP contribution < -0.4 is 0 Å². The predicted molar refractivity (Wildman–Crippen MR) is 115 cm³/mol. The van der Waals surface area contributed by atoms with Crippen LogP contribution in [0.1, 0.15) is 28.9 Å². The second-order valence-electron chi connectivity index (χ2n) is 6.39. The number of furan rings is 1. The fourth-order valence-electron chi connectivity index (χ4n) is 3.01. The van der Waals surface area contributed by atoms with Crippen LogP contribution in [0.5, 0.6) is 0 Å². The van der Waals surface area contributed by atoms with E-state index in [2.05, 4.69) is 16.0 Å².